The molecular formula is C12H10F3N5OS. The van der Waals surface area contributed by atoms with E-state index in [-0.39, 0.29) is 11.6 Å². The average molecular weight is 329 g/mol. The van der Waals surface area contributed by atoms with Crippen molar-refractivity contribution in [3.8, 4) is 0 Å². The molecule has 116 valence electrons. The zero-order valence-corrected chi connectivity index (χ0v) is 12.4. The minimum Gasteiger partial charge on any atom is -0.265 e. The van der Waals surface area contributed by atoms with Gasteiger partial charge < -0.3 is 0 Å². The third-order valence-corrected chi connectivity index (χ3v) is 3.99. The van der Waals surface area contributed by atoms with Gasteiger partial charge in [-0.05, 0) is 6.92 Å². The first kappa shape index (κ1) is 14.7. The Morgan fingerprint density at radius 2 is 2.09 bits per heavy atom. The van der Waals surface area contributed by atoms with Crippen LogP contribution in [0.5, 0.6) is 0 Å². The first-order valence-electron chi connectivity index (χ1n) is 6.18. The molecule has 0 unspecified atom stereocenters. The van der Waals surface area contributed by atoms with E-state index in [4.69, 9.17) is 0 Å². The number of fused-ring (bicyclic) bond motifs is 1. The number of hydrogen-bond acceptors (Lipinski definition) is 5. The summed E-state index contributed by atoms with van der Waals surface area (Å²) >= 11 is 0.841. The number of aromatic nitrogens is 5. The van der Waals surface area contributed by atoms with Crippen molar-refractivity contribution < 1.29 is 13.2 Å². The van der Waals surface area contributed by atoms with E-state index in [2.05, 4.69) is 15.2 Å². The van der Waals surface area contributed by atoms with E-state index in [1.165, 1.54) is 10.9 Å². The van der Waals surface area contributed by atoms with Gasteiger partial charge in [0.05, 0.1) is 18.4 Å². The Morgan fingerprint density at radius 1 is 1.36 bits per heavy atom. The topological polar surface area (TPSA) is 65.6 Å². The third kappa shape index (κ3) is 2.39. The van der Waals surface area contributed by atoms with Crippen molar-refractivity contribution in [1.29, 1.82) is 0 Å². The fraction of sp³-hybridized carbons (Fsp3) is 0.333. The minimum absolute atomic E-state index is 0.111. The average Bonchev–Trinajstić information content (AvgIpc) is 2.98. The van der Waals surface area contributed by atoms with Crippen LogP contribution in [0, 0.1) is 6.92 Å². The highest BCUT2D eigenvalue weighted by atomic mass is 32.1. The summed E-state index contributed by atoms with van der Waals surface area (Å²) < 4.78 is 40.1. The number of aryl methyl sites for hydroxylation is 2. The molecule has 3 aromatic heterocycles. The minimum atomic E-state index is -4.49. The Hall–Kier alpha value is -2.23. The number of thiazole rings is 1. The molecule has 0 aliphatic rings. The molecule has 0 aromatic carbocycles. The highest BCUT2D eigenvalue weighted by Gasteiger charge is 2.33. The molecule has 0 aliphatic heterocycles. The van der Waals surface area contributed by atoms with Crippen LogP contribution >= 0.6 is 11.3 Å². The number of nitrogens with zero attached hydrogens (tertiary/aromatic N) is 5. The zero-order chi connectivity index (χ0) is 16.1. The maximum atomic E-state index is 12.5. The van der Waals surface area contributed by atoms with Crippen LogP contribution in [0.25, 0.3) is 10.9 Å². The summed E-state index contributed by atoms with van der Waals surface area (Å²) in [6.45, 7) is 1.64. The Bertz CT molecular complexity index is 908. The Kier molecular flexibility index (Phi) is 3.28. The predicted octanol–water partition coefficient (Wildman–Crippen LogP) is 1.96. The molecule has 3 heterocycles. The summed E-state index contributed by atoms with van der Waals surface area (Å²) in [5.74, 6) is 0. The van der Waals surface area contributed by atoms with E-state index < -0.39 is 17.4 Å². The molecule has 0 radical (unpaired) electrons. The number of halogens is 3. The maximum Gasteiger partial charge on any atom is 0.434 e. The normalized spacial score (nSPS) is 12.2. The van der Waals surface area contributed by atoms with Gasteiger partial charge in [-0.2, -0.15) is 23.4 Å². The summed E-state index contributed by atoms with van der Waals surface area (Å²) in [5.41, 5.74) is -0.342. The Morgan fingerprint density at radius 3 is 2.73 bits per heavy atom. The number of alkyl halides is 3. The summed E-state index contributed by atoms with van der Waals surface area (Å²) in [4.78, 5) is 15.9. The van der Waals surface area contributed by atoms with Crippen molar-refractivity contribution in [2.75, 3.05) is 0 Å². The van der Waals surface area contributed by atoms with Crippen LogP contribution in [0.1, 0.15) is 16.4 Å². The highest BCUT2D eigenvalue weighted by Crippen LogP contribution is 2.30. The fourth-order valence-corrected chi connectivity index (χ4v) is 2.92. The van der Waals surface area contributed by atoms with E-state index >= 15 is 0 Å². The van der Waals surface area contributed by atoms with E-state index in [1.54, 1.807) is 14.0 Å². The van der Waals surface area contributed by atoms with Crippen molar-refractivity contribution >= 4 is 22.2 Å². The van der Waals surface area contributed by atoms with Crippen molar-refractivity contribution in [1.82, 2.24) is 24.5 Å². The third-order valence-electron chi connectivity index (χ3n) is 3.16. The molecular weight excluding hydrogens is 319 g/mol. The first-order valence-corrected chi connectivity index (χ1v) is 7.06. The van der Waals surface area contributed by atoms with Gasteiger partial charge in [0.15, 0.2) is 5.69 Å². The molecule has 0 saturated carbocycles. The quantitative estimate of drug-likeness (QED) is 0.721. The lowest BCUT2D eigenvalue weighted by atomic mass is 10.3. The van der Waals surface area contributed by atoms with E-state index in [1.807, 2.05) is 0 Å². The van der Waals surface area contributed by atoms with Crippen LogP contribution in [-0.2, 0) is 19.8 Å². The van der Waals surface area contributed by atoms with Gasteiger partial charge >= 0.3 is 6.18 Å². The van der Waals surface area contributed by atoms with Crippen molar-refractivity contribution in [2.24, 2.45) is 7.05 Å². The second-order valence-electron chi connectivity index (χ2n) is 4.70. The second kappa shape index (κ2) is 4.90. The van der Waals surface area contributed by atoms with Crippen molar-refractivity contribution in [3.63, 3.8) is 0 Å². The lowest BCUT2D eigenvalue weighted by Crippen LogP contribution is -2.24. The summed E-state index contributed by atoms with van der Waals surface area (Å²) in [6, 6.07) is 0. The Balaban J connectivity index is 2.01. The van der Waals surface area contributed by atoms with Crippen molar-refractivity contribution in [2.45, 2.75) is 19.6 Å². The molecule has 0 aliphatic carbocycles. The molecule has 0 spiro atoms. The van der Waals surface area contributed by atoms with E-state index in [0.29, 0.717) is 16.6 Å². The van der Waals surface area contributed by atoms with Crippen LogP contribution in [0.15, 0.2) is 16.4 Å². The monoisotopic (exact) mass is 329 g/mol. The van der Waals surface area contributed by atoms with Crippen LogP contribution in [0.2, 0.25) is 0 Å². The maximum absolute atomic E-state index is 12.5. The molecule has 0 amide bonds. The van der Waals surface area contributed by atoms with Crippen LogP contribution in [0.3, 0.4) is 0 Å². The lowest BCUT2D eigenvalue weighted by molar-refractivity contribution is -0.140. The Labute approximate surface area is 125 Å². The summed E-state index contributed by atoms with van der Waals surface area (Å²) in [7, 11) is 1.63. The SMILES string of the molecule is Cc1nn(C)c2c(=O)n(Cc3nc(C(F)(F)F)cs3)ncc12. The molecule has 22 heavy (non-hydrogen) atoms. The molecule has 3 rings (SSSR count). The van der Waals surface area contributed by atoms with Gasteiger partial charge in [-0.3, -0.25) is 9.48 Å². The smallest absolute Gasteiger partial charge is 0.265 e. The highest BCUT2D eigenvalue weighted by molar-refractivity contribution is 7.09. The van der Waals surface area contributed by atoms with Crippen LogP contribution in [0.4, 0.5) is 13.2 Å². The molecule has 3 aromatic rings. The van der Waals surface area contributed by atoms with E-state index in [0.717, 1.165) is 21.4 Å². The predicted molar refractivity (Wildman–Crippen MR) is 73.7 cm³/mol. The van der Waals surface area contributed by atoms with Gasteiger partial charge in [0, 0.05) is 17.8 Å². The zero-order valence-electron chi connectivity index (χ0n) is 11.5. The standard InChI is InChI=1S/C12H10F3N5OS/c1-6-7-3-16-20(11(21)10(7)19(2)18-6)4-9-17-8(5-22-9)12(13,14)15/h3,5H,4H2,1-2H3. The van der Waals surface area contributed by atoms with Crippen LogP contribution in [-0.4, -0.2) is 24.5 Å². The van der Waals surface area contributed by atoms with Gasteiger partial charge in [-0.1, -0.05) is 0 Å². The van der Waals surface area contributed by atoms with Gasteiger partial charge in [-0.25, -0.2) is 9.67 Å². The van der Waals surface area contributed by atoms with Crippen molar-refractivity contribution in [3.05, 3.63) is 38.3 Å². The van der Waals surface area contributed by atoms with Crippen LogP contribution < -0.4 is 5.56 Å². The fourth-order valence-electron chi connectivity index (χ4n) is 2.14. The van der Waals surface area contributed by atoms with E-state index in [9.17, 15) is 18.0 Å². The number of hydrogen-bond donors (Lipinski definition) is 0. The van der Waals surface area contributed by atoms with Gasteiger partial charge in [0.1, 0.15) is 10.5 Å². The summed E-state index contributed by atoms with van der Waals surface area (Å²) in [5, 5.41) is 9.84. The second-order valence-corrected chi connectivity index (χ2v) is 5.65. The largest absolute Gasteiger partial charge is 0.434 e. The first-order chi connectivity index (χ1) is 10.3. The molecule has 10 heteroatoms. The van der Waals surface area contributed by atoms with Gasteiger partial charge in [0.25, 0.3) is 5.56 Å². The lowest BCUT2D eigenvalue weighted by Gasteiger charge is -2.03. The molecule has 0 bridgehead atoms. The molecule has 0 fully saturated rings. The molecule has 6 nitrogen and oxygen atoms in total. The molecule has 0 saturated heterocycles. The molecule has 0 atom stereocenters. The summed E-state index contributed by atoms with van der Waals surface area (Å²) in [6.07, 6.45) is -3.01. The number of rotatable bonds is 2. The van der Waals surface area contributed by atoms with Gasteiger partial charge in [0.2, 0.25) is 0 Å². The molecule has 0 N–H and O–H groups in total. The van der Waals surface area contributed by atoms with Gasteiger partial charge in [-0.15, -0.1) is 11.3 Å².